The first kappa shape index (κ1) is 34.2. The van der Waals surface area contributed by atoms with E-state index < -0.39 is 0 Å². The smallest absolute Gasteiger partial charge is 0.233 e. The molecule has 0 bridgehead atoms. The average molecular weight is 837 g/mol. The molecule has 0 atom stereocenters. The van der Waals surface area contributed by atoms with Gasteiger partial charge < -0.3 is 19.8 Å². The summed E-state index contributed by atoms with van der Waals surface area (Å²) in [6.07, 6.45) is 3.82. The van der Waals surface area contributed by atoms with Gasteiger partial charge in [-0.2, -0.15) is 0 Å². The summed E-state index contributed by atoms with van der Waals surface area (Å²) in [4.78, 5) is 13.9. The molecule has 0 saturated carbocycles. The first-order valence-corrected chi connectivity index (χ1v) is 17.1. The summed E-state index contributed by atoms with van der Waals surface area (Å²) in [5.41, 5.74) is 19.1. The Kier molecular flexibility index (Phi) is 9.48. The van der Waals surface area contributed by atoms with Crippen molar-refractivity contribution in [3.05, 3.63) is 163 Å². The molecule has 251 valence electrons. The number of anilines is 4. The largest absolute Gasteiger partial charge is 0.385 e. The van der Waals surface area contributed by atoms with Gasteiger partial charge in [-0.15, -0.1) is 64.6 Å². The summed E-state index contributed by atoms with van der Waals surface area (Å²) in [5.74, 6) is 0. The predicted molar refractivity (Wildman–Crippen MR) is 210 cm³/mol. The Bertz CT molecular complexity index is 2360. The van der Waals surface area contributed by atoms with Crippen molar-refractivity contribution in [3.8, 4) is 33.6 Å². The third-order valence-corrected chi connectivity index (χ3v) is 10.1. The van der Waals surface area contributed by atoms with Crippen molar-refractivity contribution in [1.29, 1.82) is 0 Å². The Morgan fingerprint density at radius 2 is 1.35 bits per heavy atom. The molecular formula is C45H37BIrN4-2. The van der Waals surface area contributed by atoms with Gasteiger partial charge in [0.1, 0.15) is 0 Å². The molecule has 0 spiro atoms. The first-order chi connectivity index (χ1) is 24.4. The monoisotopic (exact) mass is 837 g/mol. The van der Waals surface area contributed by atoms with Gasteiger partial charge in [0, 0.05) is 63.7 Å². The second kappa shape index (κ2) is 14.1. The van der Waals surface area contributed by atoms with Crippen LogP contribution in [0.5, 0.6) is 0 Å². The van der Waals surface area contributed by atoms with Crippen molar-refractivity contribution in [2.24, 2.45) is 0 Å². The first-order valence-electron chi connectivity index (χ1n) is 17.1. The van der Waals surface area contributed by atoms with Crippen LogP contribution in [0.15, 0.2) is 134 Å². The van der Waals surface area contributed by atoms with Gasteiger partial charge >= 0.3 is 0 Å². The van der Waals surface area contributed by atoms with Crippen LogP contribution in [-0.2, 0) is 20.1 Å². The topological polar surface area (TPSA) is 32.3 Å². The molecule has 4 heterocycles. The minimum absolute atomic E-state index is 0. The third kappa shape index (κ3) is 6.20. The van der Waals surface area contributed by atoms with Crippen LogP contribution < -0.4 is 26.2 Å². The zero-order valence-electron chi connectivity index (χ0n) is 29.4. The molecule has 9 rings (SSSR count). The van der Waals surface area contributed by atoms with E-state index in [0.29, 0.717) is 0 Å². The number of pyridine rings is 2. The molecule has 4 nitrogen and oxygen atoms in total. The summed E-state index contributed by atoms with van der Waals surface area (Å²) in [7, 11) is 4.34. The number of hydrogen-bond donors (Lipinski definition) is 0. The number of rotatable bonds is 3. The van der Waals surface area contributed by atoms with Gasteiger partial charge in [0.2, 0.25) is 6.71 Å². The van der Waals surface area contributed by atoms with Crippen molar-refractivity contribution in [2.45, 2.75) is 20.8 Å². The van der Waals surface area contributed by atoms with Crippen LogP contribution in [0.25, 0.3) is 33.6 Å². The van der Waals surface area contributed by atoms with E-state index in [1.165, 1.54) is 61.4 Å². The number of nitrogens with zero attached hydrogens (tertiary/aromatic N) is 4. The van der Waals surface area contributed by atoms with Crippen molar-refractivity contribution < 1.29 is 20.1 Å². The minimum Gasteiger partial charge on any atom is -0.385 e. The number of fused-ring (bicyclic) bond motifs is 4. The molecule has 51 heavy (non-hydrogen) atoms. The fourth-order valence-corrected chi connectivity index (χ4v) is 7.29. The van der Waals surface area contributed by atoms with Crippen LogP contribution in [-0.4, -0.2) is 30.8 Å². The molecular weight excluding hydrogens is 800 g/mol. The molecule has 0 N–H and O–H groups in total. The molecule has 0 amide bonds. The van der Waals surface area contributed by atoms with Gasteiger partial charge in [-0.1, -0.05) is 79.2 Å². The Morgan fingerprint density at radius 1 is 0.608 bits per heavy atom. The van der Waals surface area contributed by atoms with Crippen LogP contribution in [0.2, 0.25) is 0 Å². The van der Waals surface area contributed by atoms with E-state index in [0.717, 1.165) is 28.1 Å². The van der Waals surface area contributed by atoms with Crippen LogP contribution in [0, 0.1) is 32.9 Å². The number of aryl methyl sites for hydroxylation is 3. The number of hydrogen-bond acceptors (Lipinski definition) is 4. The maximum Gasteiger partial charge on any atom is 0.233 e. The minimum atomic E-state index is 0. The predicted octanol–water partition coefficient (Wildman–Crippen LogP) is 8.37. The molecule has 5 aromatic carbocycles. The second-order valence-corrected chi connectivity index (χ2v) is 13.2. The fraction of sp³-hybridized carbons (Fsp3) is 0.111. The SMILES string of the molecule is CN1c2ccccc2B2c3cc[c-]c(-c4cc(-c5ccccc5)ccn4)c3N(C)c3cccc1c32.Cc1c[c-]c(-c2cc(C)c(C)cn2)cc1.[Ir]. The summed E-state index contributed by atoms with van der Waals surface area (Å²) in [6.45, 7) is 6.42. The van der Waals surface area contributed by atoms with Gasteiger partial charge in [0.15, 0.2) is 0 Å². The molecule has 2 aliphatic rings. The molecule has 0 fully saturated rings. The van der Waals surface area contributed by atoms with Crippen molar-refractivity contribution >= 4 is 45.9 Å². The molecule has 0 unspecified atom stereocenters. The Hall–Kier alpha value is -5.29. The molecule has 7 aromatic rings. The van der Waals surface area contributed by atoms with Gasteiger partial charge in [-0.05, 0) is 82.8 Å². The standard InChI is InChI=1S/C31H23BN3.C14H14N.Ir/c1-34-27-15-7-6-13-24(27)32-25-14-8-12-23(31(25)35(2)29-17-9-16-28(34)30(29)32)26-20-22(18-19-33-26)21-10-4-3-5-11-21;1-10-4-6-13(7-5-10)14-8-11(2)12(3)9-15-14;/h3-11,13-20H,1-2H3;4-6,8-9H,1-3H3;/q2*-1;. The zero-order chi connectivity index (χ0) is 34.4. The van der Waals surface area contributed by atoms with Crippen molar-refractivity contribution in [2.75, 3.05) is 23.9 Å². The van der Waals surface area contributed by atoms with Gasteiger partial charge in [0.25, 0.3) is 0 Å². The number of para-hydroxylation sites is 1. The molecule has 6 heteroatoms. The van der Waals surface area contributed by atoms with Crippen molar-refractivity contribution in [3.63, 3.8) is 0 Å². The maximum atomic E-state index is 4.81. The van der Waals surface area contributed by atoms with Gasteiger partial charge in [0.05, 0.1) is 0 Å². The molecule has 0 saturated heterocycles. The van der Waals surface area contributed by atoms with Gasteiger partial charge in [-0.25, -0.2) is 0 Å². The van der Waals surface area contributed by atoms with Crippen LogP contribution in [0.4, 0.5) is 22.7 Å². The Labute approximate surface area is 315 Å². The molecule has 0 aliphatic carbocycles. The fourth-order valence-electron chi connectivity index (χ4n) is 7.29. The second-order valence-electron chi connectivity index (χ2n) is 13.2. The van der Waals surface area contributed by atoms with E-state index in [4.69, 9.17) is 4.98 Å². The van der Waals surface area contributed by atoms with E-state index in [1.807, 2.05) is 24.5 Å². The summed E-state index contributed by atoms with van der Waals surface area (Å²) >= 11 is 0. The average Bonchev–Trinajstić information content (AvgIpc) is 3.16. The van der Waals surface area contributed by atoms with Crippen molar-refractivity contribution in [1.82, 2.24) is 9.97 Å². The molecule has 2 aliphatic heterocycles. The normalized spacial score (nSPS) is 12.1. The van der Waals surface area contributed by atoms with E-state index in [2.05, 4.69) is 171 Å². The van der Waals surface area contributed by atoms with E-state index in [-0.39, 0.29) is 26.8 Å². The van der Waals surface area contributed by atoms with E-state index in [9.17, 15) is 0 Å². The van der Waals surface area contributed by atoms with Crippen LogP contribution >= 0.6 is 0 Å². The number of benzene rings is 5. The number of aromatic nitrogens is 2. The molecule has 1 radical (unpaired) electrons. The van der Waals surface area contributed by atoms with E-state index >= 15 is 0 Å². The summed E-state index contributed by atoms with van der Waals surface area (Å²) in [6, 6.07) is 49.5. The third-order valence-electron chi connectivity index (χ3n) is 10.1. The Balaban J connectivity index is 0.000000214. The van der Waals surface area contributed by atoms with E-state index in [1.54, 1.807) is 0 Å². The Morgan fingerprint density at radius 3 is 2.12 bits per heavy atom. The maximum absolute atomic E-state index is 4.81. The summed E-state index contributed by atoms with van der Waals surface area (Å²) < 4.78 is 0. The van der Waals surface area contributed by atoms with Crippen LogP contribution in [0.1, 0.15) is 16.7 Å². The zero-order valence-corrected chi connectivity index (χ0v) is 31.8. The summed E-state index contributed by atoms with van der Waals surface area (Å²) in [5, 5.41) is 0. The molecule has 2 aromatic heterocycles. The quantitative estimate of drug-likeness (QED) is 0.132. The van der Waals surface area contributed by atoms with Crippen LogP contribution in [0.3, 0.4) is 0 Å². The van der Waals surface area contributed by atoms with Gasteiger partial charge in [-0.3, -0.25) is 0 Å².